The molecule has 59 heavy (non-hydrogen) atoms. The van der Waals surface area contributed by atoms with Gasteiger partial charge in [-0.3, -0.25) is 9.35 Å². The van der Waals surface area contributed by atoms with Crippen LogP contribution in [0, 0.1) is 0 Å². The lowest BCUT2D eigenvalue weighted by Gasteiger charge is -2.41. The van der Waals surface area contributed by atoms with Crippen molar-refractivity contribution in [3.63, 3.8) is 0 Å². The van der Waals surface area contributed by atoms with Crippen LogP contribution in [0.15, 0.2) is 48.6 Å². The third-order valence-corrected chi connectivity index (χ3v) is 10.6. The number of allylic oxidation sites excluding steroid dienone is 8. The molecule has 0 spiro atoms. The summed E-state index contributed by atoms with van der Waals surface area (Å²) in [6.07, 6.45) is 35.7. The van der Waals surface area contributed by atoms with Crippen molar-refractivity contribution in [1.29, 1.82) is 0 Å². The lowest BCUT2D eigenvalue weighted by atomic mass is 9.99. The summed E-state index contributed by atoms with van der Waals surface area (Å²) < 4.78 is 59.0. The van der Waals surface area contributed by atoms with E-state index in [1.54, 1.807) is 0 Å². The van der Waals surface area contributed by atoms with E-state index in [-0.39, 0.29) is 19.6 Å². The van der Waals surface area contributed by atoms with Crippen molar-refractivity contribution in [1.82, 2.24) is 0 Å². The van der Waals surface area contributed by atoms with E-state index in [2.05, 4.69) is 66.6 Å². The molecule has 13 heteroatoms. The molecule has 0 bridgehead atoms. The summed E-state index contributed by atoms with van der Waals surface area (Å²) >= 11 is 0. The highest BCUT2D eigenvalue weighted by atomic mass is 32.3. The molecule has 1 rings (SSSR count). The molecule has 0 aromatic carbocycles. The lowest BCUT2D eigenvalue weighted by Crippen LogP contribution is -2.60. The first-order valence-electron chi connectivity index (χ1n) is 22.9. The van der Waals surface area contributed by atoms with Crippen molar-refractivity contribution < 1.29 is 56.2 Å². The minimum atomic E-state index is -5.06. The monoisotopic (exact) mass is 859 g/mol. The number of esters is 1. The maximum absolute atomic E-state index is 12.8. The molecule has 0 radical (unpaired) electrons. The molecule has 0 amide bonds. The fraction of sp³-hybridized carbons (Fsp3) is 0.804. The zero-order valence-electron chi connectivity index (χ0n) is 36.6. The van der Waals surface area contributed by atoms with Gasteiger partial charge in [0.1, 0.15) is 30.5 Å². The van der Waals surface area contributed by atoms with Gasteiger partial charge in [0.15, 0.2) is 6.29 Å². The zero-order valence-corrected chi connectivity index (χ0v) is 37.4. The number of aliphatic hydroxyl groups excluding tert-OH is 3. The number of rotatable bonds is 39. The summed E-state index contributed by atoms with van der Waals surface area (Å²) in [5.74, 6) is -0.414. The normalized spacial score (nSPS) is 20.8. The van der Waals surface area contributed by atoms with Gasteiger partial charge in [0, 0.05) is 13.0 Å². The van der Waals surface area contributed by atoms with Crippen molar-refractivity contribution in [3.8, 4) is 0 Å². The molecule has 1 saturated heterocycles. The first kappa shape index (κ1) is 55.1. The van der Waals surface area contributed by atoms with E-state index in [1.807, 2.05) is 0 Å². The summed E-state index contributed by atoms with van der Waals surface area (Å²) in [6, 6.07) is 0. The third kappa shape index (κ3) is 31.6. The molecular weight excluding hydrogens is 777 g/mol. The average molecular weight is 859 g/mol. The second-order valence-corrected chi connectivity index (χ2v) is 16.7. The molecule has 1 aliphatic rings. The summed E-state index contributed by atoms with van der Waals surface area (Å²) in [5.41, 5.74) is 0. The molecule has 0 aliphatic carbocycles. The van der Waals surface area contributed by atoms with Gasteiger partial charge in [-0.1, -0.05) is 140 Å². The van der Waals surface area contributed by atoms with Crippen LogP contribution >= 0.6 is 0 Å². The van der Waals surface area contributed by atoms with Gasteiger partial charge in [0.25, 0.3) is 0 Å². The Hall–Kier alpha value is -1.94. The van der Waals surface area contributed by atoms with E-state index in [1.165, 1.54) is 64.2 Å². The van der Waals surface area contributed by atoms with Gasteiger partial charge in [-0.05, 0) is 77.0 Å². The number of ether oxygens (including phenoxy) is 4. The van der Waals surface area contributed by atoms with Crippen molar-refractivity contribution in [2.75, 3.05) is 26.4 Å². The third-order valence-electron chi connectivity index (χ3n) is 10.2. The van der Waals surface area contributed by atoms with E-state index in [4.69, 9.17) is 23.5 Å². The molecule has 12 nitrogen and oxygen atoms in total. The maximum atomic E-state index is 12.8. The van der Waals surface area contributed by atoms with Crippen LogP contribution in [0.4, 0.5) is 0 Å². The van der Waals surface area contributed by atoms with Crippen LogP contribution in [0.1, 0.15) is 174 Å². The Morgan fingerprint density at radius 1 is 0.644 bits per heavy atom. The minimum Gasteiger partial charge on any atom is -0.457 e. The summed E-state index contributed by atoms with van der Waals surface area (Å²) in [6.45, 7) is 3.89. The first-order chi connectivity index (χ1) is 28.6. The van der Waals surface area contributed by atoms with Gasteiger partial charge in [0.05, 0.1) is 19.8 Å². The second kappa shape index (κ2) is 37.8. The predicted molar refractivity (Wildman–Crippen MR) is 234 cm³/mol. The number of carbonyl (C=O) groups is 1. The Morgan fingerprint density at radius 3 is 1.64 bits per heavy atom. The highest BCUT2D eigenvalue weighted by Crippen LogP contribution is 2.26. The highest BCUT2D eigenvalue weighted by molar-refractivity contribution is 7.80. The lowest BCUT2D eigenvalue weighted by molar-refractivity contribution is -0.301. The van der Waals surface area contributed by atoms with Gasteiger partial charge in [-0.2, -0.15) is 8.42 Å². The minimum absolute atomic E-state index is 0.0248. The van der Waals surface area contributed by atoms with Crippen molar-refractivity contribution in [2.24, 2.45) is 0 Å². The molecule has 0 aromatic heterocycles. The van der Waals surface area contributed by atoms with Crippen molar-refractivity contribution in [3.05, 3.63) is 48.6 Å². The SMILES string of the molecule is CCCCC/C=C\C/C=C\C/C=C\CCCCCCCCCOCC(COC1OC(CO)C(O)C(OS(=O)(=O)O)C1O)OC(=O)CCCCCCC/C=C\CCCCC. The molecule has 1 heterocycles. The van der Waals surface area contributed by atoms with Crippen molar-refractivity contribution >= 4 is 16.4 Å². The second-order valence-electron chi connectivity index (χ2n) is 15.6. The van der Waals surface area contributed by atoms with Crippen LogP contribution in [-0.4, -0.2) is 97.5 Å². The molecule has 0 saturated carbocycles. The van der Waals surface area contributed by atoms with E-state index in [0.29, 0.717) is 13.0 Å². The fourth-order valence-electron chi connectivity index (χ4n) is 6.67. The number of unbranched alkanes of at least 4 members (excludes halogenated alkanes) is 18. The number of carbonyl (C=O) groups excluding carboxylic acids is 1. The molecule has 1 fully saturated rings. The fourth-order valence-corrected chi connectivity index (χ4v) is 7.18. The van der Waals surface area contributed by atoms with Crippen molar-refractivity contribution in [2.45, 2.75) is 211 Å². The maximum Gasteiger partial charge on any atom is 0.397 e. The summed E-state index contributed by atoms with van der Waals surface area (Å²) in [5, 5.41) is 30.6. The Balaban J connectivity index is 2.41. The average Bonchev–Trinajstić information content (AvgIpc) is 3.20. The molecular formula is C46H82O12S. The van der Waals surface area contributed by atoms with Crippen LogP contribution in [0.2, 0.25) is 0 Å². The van der Waals surface area contributed by atoms with Gasteiger partial charge in [-0.25, -0.2) is 4.18 Å². The molecule has 6 atom stereocenters. The Kier molecular flexibility index (Phi) is 35.3. The van der Waals surface area contributed by atoms with E-state index in [0.717, 1.165) is 83.5 Å². The van der Waals surface area contributed by atoms with E-state index >= 15 is 0 Å². The molecule has 4 N–H and O–H groups in total. The van der Waals surface area contributed by atoms with Crippen LogP contribution in [-0.2, 0) is 38.3 Å². The number of hydrogen-bond donors (Lipinski definition) is 4. The van der Waals surface area contributed by atoms with E-state index in [9.17, 15) is 28.5 Å². The van der Waals surface area contributed by atoms with Crippen LogP contribution in [0.25, 0.3) is 0 Å². The summed E-state index contributed by atoms with van der Waals surface area (Å²) in [4.78, 5) is 12.8. The quantitative estimate of drug-likeness (QED) is 0.0199. The molecule has 6 unspecified atom stereocenters. The highest BCUT2D eigenvalue weighted by Gasteiger charge is 2.48. The smallest absolute Gasteiger partial charge is 0.397 e. The Bertz CT molecular complexity index is 1220. The first-order valence-corrected chi connectivity index (χ1v) is 24.3. The largest absolute Gasteiger partial charge is 0.457 e. The van der Waals surface area contributed by atoms with E-state index < -0.39 is 59.8 Å². The standard InChI is InChI=1S/C46H82O12S/c1-3-5-7-9-11-13-15-17-18-19-20-21-22-23-24-26-28-30-32-34-36-54-38-40(56-42(48)35-33-31-29-27-25-16-14-12-10-8-6-4-2)39-55-46-44(50)45(58-59(51,52)53)43(49)41(37-47)57-46/h11-14,17-18,20-21,40-41,43-47,49-50H,3-10,15-16,19,22-39H2,1-2H3,(H,51,52,53)/b13-11-,14-12-,18-17-,21-20-. The Morgan fingerprint density at radius 2 is 1.12 bits per heavy atom. The van der Waals surface area contributed by atoms with Gasteiger partial charge in [-0.15, -0.1) is 0 Å². The molecule has 344 valence electrons. The van der Waals surface area contributed by atoms with Gasteiger partial charge >= 0.3 is 16.4 Å². The number of hydrogen-bond acceptors (Lipinski definition) is 11. The zero-order chi connectivity index (χ0) is 43.2. The predicted octanol–water partition coefficient (Wildman–Crippen LogP) is 9.58. The van der Waals surface area contributed by atoms with Crippen LogP contribution in [0.3, 0.4) is 0 Å². The van der Waals surface area contributed by atoms with Gasteiger partial charge < -0.3 is 34.3 Å². The van der Waals surface area contributed by atoms with Gasteiger partial charge in [0.2, 0.25) is 0 Å². The Labute approximate surface area is 357 Å². The summed E-state index contributed by atoms with van der Waals surface area (Å²) in [7, 11) is -5.06. The molecule has 1 aliphatic heterocycles. The van der Waals surface area contributed by atoms with Crippen LogP contribution < -0.4 is 0 Å². The topological polar surface area (TPSA) is 178 Å². The number of aliphatic hydroxyl groups is 3. The molecule has 0 aromatic rings. The van der Waals surface area contributed by atoms with Crippen LogP contribution in [0.5, 0.6) is 0 Å².